The average molecular weight is 615 g/mol. The van der Waals surface area contributed by atoms with E-state index in [0.717, 1.165) is 31.7 Å². The molecule has 0 spiro atoms. The van der Waals surface area contributed by atoms with Crippen molar-refractivity contribution in [2.75, 3.05) is 16.4 Å². The molecule has 4 aromatic rings. The van der Waals surface area contributed by atoms with Gasteiger partial charge in [0.2, 0.25) is 5.91 Å². The van der Waals surface area contributed by atoms with Gasteiger partial charge in [-0.1, -0.05) is 64.0 Å². The Kier molecular flexibility index (Phi) is 9.94. The van der Waals surface area contributed by atoms with E-state index in [2.05, 4.69) is 31.9 Å². The predicted octanol–water partition coefficient (Wildman–Crippen LogP) is 7.21. The molecule has 0 unspecified atom stereocenters. The molecular formula is C32H28BrN3O3S. The summed E-state index contributed by atoms with van der Waals surface area (Å²) in [6.45, 7) is 3.98. The molecule has 0 radical (unpaired) electrons. The van der Waals surface area contributed by atoms with Gasteiger partial charge >= 0.3 is 0 Å². The average Bonchev–Trinajstić information content (AvgIpc) is 2.95. The van der Waals surface area contributed by atoms with Crippen LogP contribution < -0.4 is 16.0 Å². The number of hydrogen-bond donors (Lipinski definition) is 3. The highest BCUT2D eigenvalue weighted by Gasteiger charge is 2.15. The maximum Gasteiger partial charge on any atom is 0.272 e. The number of rotatable bonds is 9. The smallest absolute Gasteiger partial charge is 0.272 e. The van der Waals surface area contributed by atoms with Crippen LogP contribution in [0.25, 0.3) is 6.08 Å². The summed E-state index contributed by atoms with van der Waals surface area (Å²) in [5.74, 6) is -0.679. The number of carbonyl (C=O) groups is 3. The van der Waals surface area contributed by atoms with Crippen LogP contribution in [0, 0.1) is 13.8 Å². The van der Waals surface area contributed by atoms with E-state index in [9.17, 15) is 14.4 Å². The van der Waals surface area contributed by atoms with Crippen LogP contribution >= 0.6 is 27.7 Å². The van der Waals surface area contributed by atoms with Crippen molar-refractivity contribution in [3.8, 4) is 0 Å². The number of anilines is 2. The Labute approximate surface area is 246 Å². The lowest BCUT2D eigenvalue weighted by Gasteiger charge is -2.12. The molecule has 0 saturated heterocycles. The minimum Gasteiger partial charge on any atom is -0.325 e. The zero-order valence-corrected chi connectivity index (χ0v) is 24.4. The van der Waals surface area contributed by atoms with E-state index >= 15 is 0 Å². The fourth-order valence-electron chi connectivity index (χ4n) is 3.79. The van der Waals surface area contributed by atoms with Crippen LogP contribution in [0.3, 0.4) is 0 Å². The summed E-state index contributed by atoms with van der Waals surface area (Å²) in [7, 11) is 0. The Morgan fingerprint density at radius 1 is 0.825 bits per heavy atom. The van der Waals surface area contributed by atoms with Gasteiger partial charge in [0.05, 0.1) is 5.75 Å². The molecule has 3 N–H and O–H groups in total. The topological polar surface area (TPSA) is 87.3 Å². The highest BCUT2D eigenvalue weighted by Crippen LogP contribution is 2.22. The molecule has 0 aliphatic heterocycles. The Hall–Kier alpha value is -4.14. The van der Waals surface area contributed by atoms with E-state index < -0.39 is 5.91 Å². The van der Waals surface area contributed by atoms with Crippen molar-refractivity contribution in [1.82, 2.24) is 5.32 Å². The van der Waals surface area contributed by atoms with Crippen molar-refractivity contribution >= 4 is 62.9 Å². The van der Waals surface area contributed by atoms with Crippen LogP contribution in [-0.2, 0) is 9.59 Å². The third-order valence-corrected chi connectivity index (χ3v) is 7.39. The summed E-state index contributed by atoms with van der Waals surface area (Å²) < 4.78 is 0.907. The van der Waals surface area contributed by atoms with Gasteiger partial charge in [0.1, 0.15) is 5.70 Å². The van der Waals surface area contributed by atoms with Crippen molar-refractivity contribution in [2.24, 2.45) is 0 Å². The van der Waals surface area contributed by atoms with Gasteiger partial charge in [0, 0.05) is 26.3 Å². The Morgan fingerprint density at radius 2 is 1.52 bits per heavy atom. The van der Waals surface area contributed by atoms with E-state index in [-0.39, 0.29) is 23.3 Å². The molecule has 6 nitrogen and oxygen atoms in total. The Morgan fingerprint density at radius 3 is 2.20 bits per heavy atom. The van der Waals surface area contributed by atoms with E-state index in [4.69, 9.17) is 0 Å². The first-order valence-electron chi connectivity index (χ1n) is 12.5. The van der Waals surface area contributed by atoms with Crippen molar-refractivity contribution in [3.05, 3.63) is 129 Å². The van der Waals surface area contributed by atoms with Gasteiger partial charge < -0.3 is 16.0 Å². The quantitative estimate of drug-likeness (QED) is 0.137. The predicted molar refractivity (Wildman–Crippen MR) is 166 cm³/mol. The third-order valence-electron chi connectivity index (χ3n) is 5.85. The van der Waals surface area contributed by atoms with Gasteiger partial charge in [0.25, 0.3) is 11.8 Å². The molecule has 0 aliphatic carbocycles. The molecule has 0 heterocycles. The minimum atomic E-state index is -0.458. The summed E-state index contributed by atoms with van der Waals surface area (Å²) in [4.78, 5) is 39.3. The lowest BCUT2D eigenvalue weighted by atomic mass is 10.1. The molecule has 4 rings (SSSR count). The van der Waals surface area contributed by atoms with Gasteiger partial charge in [-0.15, -0.1) is 11.8 Å². The molecule has 0 bridgehead atoms. The SMILES string of the molecule is Cc1ccc(NC(=O)CSc2ccc(NC(=O)/C(=C/c3ccc(Br)cc3)NC(=O)c3ccccc3)cc2)c(C)c1. The molecule has 202 valence electrons. The van der Waals surface area contributed by atoms with E-state index in [0.29, 0.717) is 11.3 Å². The Bertz CT molecular complexity index is 1540. The molecule has 3 amide bonds. The zero-order valence-electron chi connectivity index (χ0n) is 22.0. The van der Waals surface area contributed by atoms with Gasteiger partial charge in [-0.25, -0.2) is 0 Å². The van der Waals surface area contributed by atoms with Crippen LogP contribution in [0.5, 0.6) is 0 Å². The van der Waals surface area contributed by atoms with E-state index in [1.54, 1.807) is 42.5 Å². The number of hydrogen-bond acceptors (Lipinski definition) is 4. The monoisotopic (exact) mass is 613 g/mol. The second-order valence-corrected chi connectivity index (χ2v) is 11.0. The van der Waals surface area contributed by atoms with Crippen LogP contribution in [0.15, 0.2) is 112 Å². The number of halogens is 1. The molecule has 40 heavy (non-hydrogen) atoms. The molecule has 0 aliphatic rings. The molecule has 0 aromatic heterocycles. The molecule has 8 heteroatoms. The molecule has 0 atom stereocenters. The van der Waals surface area contributed by atoms with Crippen LogP contribution in [-0.4, -0.2) is 23.5 Å². The normalized spacial score (nSPS) is 11.0. The molecular weight excluding hydrogens is 586 g/mol. The first-order valence-corrected chi connectivity index (χ1v) is 14.3. The number of thioether (sulfide) groups is 1. The number of benzene rings is 4. The van der Waals surface area contributed by atoms with Gasteiger partial charge in [-0.05, 0) is 85.6 Å². The van der Waals surface area contributed by atoms with Gasteiger partial charge in [-0.3, -0.25) is 14.4 Å². The maximum atomic E-state index is 13.2. The number of nitrogens with one attached hydrogen (secondary N) is 3. The largest absolute Gasteiger partial charge is 0.325 e. The van der Waals surface area contributed by atoms with Crippen molar-refractivity contribution in [2.45, 2.75) is 18.7 Å². The highest BCUT2D eigenvalue weighted by atomic mass is 79.9. The highest BCUT2D eigenvalue weighted by molar-refractivity contribution is 9.10. The second kappa shape index (κ2) is 13.8. The first kappa shape index (κ1) is 28.9. The van der Waals surface area contributed by atoms with E-state index in [1.807, 2.05) is 74.5 Å². The number of aryl methyl sites for hydroxylation is 2. The zero-order chi connectivity index (χ0) is 28.5. The first-order chi connectivity index (χ1) is 19.3. The van der Waals surface area contributed by atoms with E-state index in [1.165, 1.54) is 11.8 Å². The molecule has 4 aromatic carbocycles. The summed E-state index contributed by atoms with van der Waals surface area (Å²) in [6.07, 6.45) is 1.63. The van der Waals surface area contributed by atoms with Crippen molar-refractivity contribution < 1.29 is 14.4 Å². The third kappa shape index (κ3) is 8.43. The van der Waals surface area contributed by atoms with Crippen molar-refractivity contribution in [1.29, 1.82) is 0 Å². The van der Waals surface area contributed by atoms with Gasteiger partial charge in [-0.2, -0.15) is 0 Å². The van der Waals surface area contributed by atoms with Crippen molar-refractivity contribution in [3.63, 3.8) is 0 Å². The molecule has 0 fully saturated rings. The summed E-state index contributed by atoms with van der Waals surface area (Å²) >= 11 is 4.81. The van der Waals surface area contributed by atoms with Crippen LogP contribution in [0.4, 0.5) is 11.4 Å². The summed E-state index contributed by atoms with van der Waals surface area (Å²) in [6, 6.07) is 29.2. The second-order valence-electron chi connectivity index (χ2n) is 9.06. The fraction of sp³-hybridized carbons (Fsp3) is 0.0938. The summed E-state index contributed by atoms with van der Waals surface area (Å²) in [5, 5.41) is 8.53. The van der Waals surface area contributed by atoms with Gasteiger partial charge in [0.15, 0.2) is 0 Å². The Balaban J connectivity index is 1.40. The fourth-order valence-corrected chi connectivity index (χ4v) is 4.75. The lowest BCUT2D eigenvalue weighted by molar-refractivity contribution is -0.114. The number of carbonyl (C=O) groups excluding carboxylic acids is 3. The van der Waals surface area contributed by atoms with Crippen LogP contribution in [0.1, 0.15) is 27.0 Å². The standard InChI is InChI=1S/C32H28BrN3O3S/c1-21-8-17-28(22(2)18-21)35-30(37)20-40-27-15-13-26(14-16-27)34-32(39)29(19-23-9-11-25(33)12-10-23)36-31(38)24-6-4-3-5-7-24/h3-19H,20H2,1-2H3,(H,34,39)(H,35,37)(H,36,38)/b29-19-. The lowest BCUT2D eigenvalue weighted by Crippen LogP contribution is -2.30. The summed E-state index contributed by atoms with van der Waals surface area (Å²) in [5.41, 5.74) is 4.84. The minimum absolute atomic E-state index is 0.0915. The van der Waals surface area contributed by atoms with Crippen LogP contribution in [0.2, 0.25) is 0 Å². The maximum absolute atomic E-state index is 13.2. The number of amides is 3. The molecule has 0 saturated carbocycles.